The van der Waals surface area contributed by atoms with E-state index >= 15 is 0 Å². The number of rotatable bonds is 7. The van der Waals surface area contributed by atoms with E-state index in [-0.39, 0.29) is 12.2 Å². The number of halogens is 6. The number of anilines is 1. The number of benzene rings is 5. The largest absolute Gasteiger partial charge is 0.471 e. The average molecular weight is 676 g/mol. The molecule has 0 saturated heterocycles. The number of aromatic nitrogens is 2. The van der Waals surface area contributed by atoms with E-state index in [2.05, 4.69) is 21.0 Å². The third-order valence-corrected chi connectivity index (χ3v) is 8.50. The van der Waals surface area contributed by atoms with Crippen molar-refractivity contribution in [2.24, 2.45) is 0 Å². The van der Waals surface area contributed by atoms with Gasteiger partial charge < -0.3 is 5.32 Å². The summed E-state index contributed by atoms with van der Waals surface area (Å²) >= 11 is 3.79. The molecule has 0 bridgehead atoms. The van der Waals surface area contributed by atoms with Crippen LogP contribution in [0.25, 0.3) is 10.9 Å². The second-order valence-corrected chi connectivity index (χ2v) is 11.2. The molecule has 0 aliphatic carbocycles. The molecule has 6 rings (SSSR count). The number of hydrogen-bond donors (Lipinski definition) is 1. The molecule has 226 valence electrons. The molecule has 0 radical (unpaired) electrons. The van der Waals surface area contributed by atoms with Gasteiger partial charge in [0, 0.05) is 21.5 Å². The van der Waals surface area contributed by atoms with Gasteiger partial charge in [-0.05, 0) is 52.9 Å². The number of nitrogens with zero attached hydrogens (tertiary/aromatic N) is 2. The molecule has 0 spiro atoms. The second-order valence-electron chi connectivity index (χ2n) is 10.4. The molecular formula is C35H23BrF5N3O. The van der Waals surface area contributed by atoms with Gasteiger partial charge in [-0.15, -0.1) is 0 Å². The predicted octanol–water partition coefficient (Wildman–Crippen LogP) is 9.01. The zero-order valence-electron chi connectivity index (χ0n) is 23.3. The van der Waals surface area contributed by atoms with Crippen molar-refractivity contribution >= 4 is 38.6 Å². The summed E-state index contributed by atoms with van der Waals surface area (Å²) in [5.41, 5.74) is 2.34. The maximum Gasteiger partial charge on any atom is 0.471 e. The lowest BCUT2D eigenvalue weighted by Gasteiger charge is -2.38. The van der Waals surface area contributed by atoms with Crippen LogP contribution in [0.5, 0.6) is 0 Å². The first kappa shape index (κ1) is 30.2. The van der Waals surface area contributed by atoms with Gasteiger partial charge in [0.2, 0.25) is 0 Å². The van der Waals surface area contributed by atoms with Gasteiger partial charge >= 0.3 is 12.1 Å². The molecule has 1 aromatic heterocycles. The minimum Gasteiger partial charge on any atom is -0.301 e. The summed E-state index contributed by atoms with van der Waals surface area (Å²) in [6.45, 7) is 0. The lowest BCUT2D eigenvalue weighted by Crippen LogP contribution is -2.39. The Balaban J connectivity index is 1.68. The van der Waals surface area contributed by atoms with Crippen molar-refractivity contribution in [3.05, 3.63) is 165 Å². The fourth-order valence-electron chi connectivity index (χ4n) is 5.72. The highest BCUT2D eigenvalue weighted by Gasteiger charge is 2.44. The van der Waals surface area contributed by atoms with Crippen molar-refractivity contribution in [3.8, 4) is 0 Å². The Hall–Kier alpha value is -4.83. The zero-order valence-corrected chi connectivity index (χ0v) is 24.9. The van der Waals surface area contributed by atoms with E-state index in [0.717, 1.165) is 6.07 Å². The molecular weight excluding hydrogens is 653 g/mol. The number of nitrogens with one attached hydrogen (secondary N) is 1. The third kappa shape index (κ3) is 5.62. The monoisotopic (exact) mass is 675 g/mol. The van der Waals surface area contributed by atoms with E-state index in [1.165, 1.54) is 12.1 Å². The molecule has 0 unspecified atom stereocenters. The van der Waals surface area contributed by atoms with Crippen molar-refractivity contribution in [3.63, 3.8) is 0 Å². The number of para-hydroxylation sites is 1. The number of hydrogen-bond acceptors (Lipinski definition) is 2. The summed E-state index contributed by atoms with van der Waals surface area (Å²) < 4.78 is 70.6. The number of carbonyl (C=O) groups is 1. The first-order valence-corrected chi connectivity index (χ1v) is 14.6. The first-order valence-electron chi connectivity index (χ1n) is 13.8. The van der Waals surface area contributed by atoms with Crippen LogP contribution in [-0.2, 0) is 16.8 Å². The number of fused-ring (bicyclic) bond motifs is 1. The van der Waals surface area contributed by atoms with Gasteiger partial charge in [0.1, 0.15) is 17.2 Å². The van der Waals surface area contributed by atoms with E-state index in [1.54, 1.807) is 28.9 Å². The van der Waals surface area contributed by atoms with Crippen molar-refractivity contribution < 1.29 is 26.7 Å². The number of amides is 1. The van der Waals surface area contributed by atoms with Crippen molar-refractivity contribution in [1.82, 2.24) is 9.78 Å². The molecule has 10 heteroatoms. The molecule has 0 fully saturated rings. The lowest BCUT2D eigenvalue weighted by molar-refractivity contribution is -0.167. The minimum atomic E-state index is -5.13. The Morgan fingerprint density at radius 1 is 0.756 bits per heavy atom. The lowest BCUT2D eigenvalue weighted by atomic mass is 9.76. The Kier molecular flexibility index (Phi) is 8.01. The Bertz CT molecular complexity index is 1950. The molecule has 1 N–H and O–H groups in total. The Labute approximate surface area is 263 Å². The van der Waals surface area contributed by atoms with Crippen molar-refractivity contribution in [2.75, 3.05) is 5.32 Å². The fraction of sp³-hybridized carbons (Fsp3) is 0.0857. The molecule has 5 aromatic carbocycles. The summed E-state index contributed by atoms with van der Waals surface area (Å²) in [6.07, 6.45) is -4.95. The van der Waals surface area contributed by atoms with Crippen molar-refractivity contribution in [1.29, 1.82) is 0 Å². The molecule has 1 amide bonds. The molecule has 0 aliphatic heterocycles. The zero-order chi connectivity index (χ0) is 31.8. The van der Waals surface area contributed by atoms with Gasteiger partial charge in [0.15, 0.2) is 5.82 Å². The molecule has 0 saturated carbocycles. The smallest absolute Gasteiger partial charge is 0.301 e. The summed E-state index contributed by atoms with van der Waals surface area (Å²) in [7, 11) is 0. The standard InChI is InChI=1S/C35H23BrF5N3O/c36-31-23(18-22-19-26(37)21-27(38)20-22)10-9-16-29(31)34(24-11-3-1-4-12-24,25-13-5-2-6-14-25)44-30-17-8-7-15-28(30)32(43-44)42-33(45)35(39,40)41/h1-17,19-21H,18H2,(H,42,43,45). The van der Waals surface area contributed by atoms with E-state index < -0.39 is 29.3 Å². The van der Waals surface area contributed by atoms with E-state index in [9.17, 15) is 26.7 Å². The summed E-state index contributed by atoms with van der Waals surface area (Å²) in [4.78, 5) is 12.1. The van der Waals surface area contributed by atoms with Crippen LogP contribution in [0.3, 0.4) is 0 Å². The van der Waals surface area contributed by atoms with Crippen LogP contribution in [0, 0.1) is 11.6 Å². The minimum absolute atomic E-state index is 0.176. The van der Waals surface area contributed by atoms with Crippen molar-refractivity contribution in [2.45, 2.75) is 18.1 Å². The average Bonchev–Trinajstić information content (AvgIpc) is 3.38. The van der Waals surface area contributed by atoms with Crippen LogP contribution in [-0.4, -0.2) is 21.9 Å². The molecule has 0 atom stereocenters. The highest BCUT2D eigenvalue weighted by atomic mass is 79.9. The molecule has 0 aliphatic rings. The molecule has 6 aromatic rings. The molecule has 45 heavy (non-hydrogen) atoms. The number of carbonyl (C=O) groups excluding carboxylic acids is 1. The quantitative estimate of drug-likeness (QED) is 0.136. The van der Waals surface area contributed by atoms with Crippen LogP contribution in [0.4, 0.5) is 27.8 Å². The van der Waals surface area contributed by atoms with Crippen LogP contribution in [0.2, 0.25) is 0 Å². The van der Waals surface area contributed by atoms with Gasteiger partial charge in [-0.3, -0.25) is 4.79 Å². The van der Waals surface area contributed by atoms with Gasteiger partial charge in [-0.25, -0.2) is 13.5 Å². The molecule has 1 heterocycles. The normalized spacial score (nSPS) is 12.0. The maximum absolute atomic E-state index is 14.1. The fourth-order valence-corrected chi connectivity index (χ4v) is 6.41. The summed E-state index contributed by atoms with van der Waals surface area (Å²) in [5, 5.41) is 6.95. The second kappa shape index (κ2) is 11.9. The third-order valence-electron chi connectivity index (χ3n) is 7.56. The summed E-state index contributed by atoms with van der Waals surface area (Å²) in [5.74, 6) is -3.80. The predicted molar refractivity (Wildman–Crippen MR) is 166 cm³/mol. The van der Waals surface area contributed by atoms with Gasteiger partial charge in [0.05, 0.1) is 5.52 Å². The first-order chi connectivity index (χ1) is 21.6. The van der Waals surface area contributed by atoms with E-state index in [4.69, 9.17) is 0 Å². The van der Waals surface area contributed by atoms with Crippen LogP contribution in [0.15, 0.2) is 126 Å². The van der Waals surface area contributed by atoms with E-state index in [1.807, 2.05) is 84.2 Å². The summed E-state index contributed by atoms with van der Waals surface area (Å²) in [6, 6.07) is 34.2. The SMILES string of the molecule is O=C(Nc1nn(C(c2ccccc2)(c2ccccc2)c2cccc(Cc3cc(F)cc(F)c3)c2Br)c2ccccc12)C(F)(F)F. The van der Waals surface area contributed by atoms with Gasteiger partial charge in [0.25, 0.3) is 0 Å². The number of alkyl halides is 3. The van der Waals surface area contributed by atoms with E-state index in [0.29, 0.717) is 43.2 Å². The maximum atomic E-state index is 14.1. The van der Waals surface area contributed by atoms with Crippen LogP contribution < -0.4 is 5.32 Å². The molecule has 4 nitrogen and oxygen atoms in total. The van der Waals surface area contributed by atoms with Crippen LogP contribution >= 0.6 is 15.9 Å². The van der Waals surface area contributed by atoms with Crippen LogP contribution in [0.1, 0.15) is 27.8 Å². The topological polar surface area (TPSA) is 46.9 Å². The highest BCUT2D eigenvalue weighted by molar-refractivity contribution is 9.10. The van der Waals surface area contributed by atoms with Gasteiger partial charge in [-0.1, -0.05) is 107 Å². The highest BCUT2D eigenvalue weighted by Crippen LogP contribution is 2.46. The Morgan fingerprint density at radius 3 is 1.93 bits per heavy atom. The Morgan fingerprint density at radius 2 is 1.33 bits per heavy atom. The van der Waals surface area contributed by atoms with Gasteiger partial charge in [-0.2, -0.15) is 18.3 Å².